The summed E-state index contributed by atoms with van der Waals surface area (Å²) in [6, 6.07) is 6.15. The Kier molecular flexibility index (Phi) is 2.42. The Hall–Kier alpha value is -1.09. The van der Waals surface area contributed by atoms with E-state index in [1.807, 2.05) is 12.1 Å². The topological polar surface area (TPSA) is 25.0 Å². The summed E-state index contributed by atoms with van der Waals surface area (Å²) < 4.78 is 5.29. The molecule has 2 rings (SSSR count). The summed E-state index contributed by atoms with van der Waals surface area (Å²) in [5.74, 6) is 0.916. The number of aromatic nitrogens is 1. The third kappa shape index (κ3) is 1.38. The van der Waals surface area contributed by atoms with Crippen LogP contribution in [0.25, 0.3) is 10.9 Å². The lowest BCUT2D eigenvalue weighted by atomic mass is 10.2. The zero-order valence-electron chi connectivity index (χ0n) is 8.63. The van der Waals surface area contributed by atoms with E-state index in [9.17, 15) is 0 Å². The van der Waals surface area contributed by atoms with Crippen molar-refractivity contribution in [2.75, 3.05) is 19.6 Å². The van der Waals surface area contributed by atoms with Gasteiger partial charge in [-0.3, -0.25) is 0 Å². The average molecular weight is 208 g/mol. The number of hydrogen-bond acceptors (Lipinski definition) is 1. The number of fused-ring (bicyclic) bond motifs is 1. The molecule has 0 bridgehead atoms. The molecule has 3 heteroatoms. The second-order valence-electron chi connectivity index (χ2n) is 3.35. The van der Waals surface area contributed by atoms with Gasteiger partial charge in [-0.2, -0.15) is 0 Å². The maximum Gasteiger partial charge on any atom is 0.179 e. The van der Waals surface area contributed by atoms with Crippen molar-refractivity contribution in [3.8, 4) is 5.75 Å². The molecule has 1 aromatic carbocycles. The Bertz CT molecular complexity index is 447. The maximum atomic E-state index is 5.29. The summed E-state index contributed by atoms with van der Waals surface area (Å²) in [5, 5.41) is 1.28. The van der Waals surface area contributed by atoms with E-state index in [1.165, 1.54) is 10.3 Å². The minimum absolute atomic E-state index is 0.281. The van der Waals surface area contributed by atoms with Crippen molar-refractivity contribution in [3.63, 3.8) is 0 Å². The number of benzene rings is 1. The number of nitrogens with one attached hydrogen (secondary N) is 1. The molecule has 0 saturated heterocycles. The molecule has 0 saturated carbocycles. The van der Waals surface area contributed by atoms with Crippen molar-refractivity contribution in [2.24, 2.45) is 0 Å². The first-order valence-corrected chi connectivity index (χ1v) is 6.50. The van der Waals surface area contributed by atoms with E-state index in [4.69, 9.17) is 4.74 Å². The van der Waals surface area contributed by atoms with Crippen LogP contribution in [0.4, 0.5) is 0 Å². The van der Waals surface area contributed by atoms with Gasteiger partial charge in [0, 0.05) is 10.9 Å². The van der Waals surface area contributed by atoms with Crippen molar-refractivity contribution in [1.29, 1.82) is 0 Å². The summed E-state index contributed by atoms with van der Waals surface area (Å²) in [6.45, 7) is 0. The molecule has 1 aromatic heterocycles. The maximum absolute atomic E-state index is 5.29. The first-order chi connectivity index (χ1) is 6.74. The third-order valence-electron chi connectivity index (χ3n) is 2.30. The van der Waals surface area contributed by atoms with E-state index >= 15 is 0 Å². The SMILES string of the molecule is COc1cccc2c([S+](C)C)c[nH]c12. The molecule has 14 heavy (non-hydrogen) atoms. The van der Waals surface area contributed by atoms with Gasteiger partial charge in [0.15, 0.2) is 4.90 Å². The van der Waals surface area contributed by atoms with Gasteiger partial charge in [0.1, 0.15) is 18.3 Å². The molecule has 2 aromatic rings. The van der Waals surface area contributed by atoms with E-state index < -0.39 is 0 Å². The van der Waals surface area contributed by atoms with Crippen molar-refractivity contribution in [1.82, 2.24) is 4.98 Å². The van der Waals surface area contributed by atoms with Crippen molar-refractivity contribution in [3.05, 3.63) is 24.4 Å². The number of ether oxygens (including phenoxy) is 1. The fraction of sp³-hybridized carbons (Fsp3) is 0.273. The number of para-hydroxylation sites is 1. The molecule has 0 aliphatic rings. The highest BCUT2D eigenvalue weighted by Gasteiger charge is 2.16. The van der Waals surface area contributed by atoms with Crippen LogP contribution < -0.4 is 4.74 Å². The molecule has 2 nitrogen and oxygen atoms in total. The molecule has 1 heterocycles. The van der Waals surface area contributed by atoms with Gasteiger partial charge in [0.05, 0.1) is 24.2 Å². The van der Waals surface area contributed by atoms with Crippen LogP contribution in [0.5, 0.6) is 5.75 Å². The van der Waals surface area contributed by atoms with Crippen LogP contribution in [0.3, 0.4) is 0 Å². The van der Waals surface area contributed by atoms with Gasteiger partial charge >= 0.3 is 0 Å². The fourth-order valence-electron chi connectivity index (χ4n) is 1.61. The highest BCUT2D eigenvalue weighted by atomic mass is 32.2. The molecule has 0 spiro atoms. The van der Waals surface area contributed by atoms with E-state index in [-0.39, 0.29) is 10.9 Å². The largest absolute Gasteiger partial charge is 0.495 e. The Labute approximate surface area is 86.6 Å². The molecule has 1 N–H and O–H groups in total. The van der Waals surface area contributed by atoms with E-state index in [0.29, 0.717) is 0 Å². The fourth-order valence-corrected chi connectivity index (χ4v) is 2.51. The highest BCUT2D eigenvalue weighted by Crippen LogP contribution is 2.29. The highest BCUT2D eigenvalue weighted by molar-refractivity contribution is 7.95. The van der Waals surface area contributed by atoms with Crippen molar-refractivity contribution >= 4 is 21.8 Å². The van der Waals surface area contributed by atoms with Gasteiger partial charge in [0.2, 0.25) is 0 Å². The molecule has 0 radical (unpaired) electrons. The van der Waals surface area contributed by atoms with E-state index in [0.717, 1.165) is 11.3 Å². The van der Waals surface area contributed by atoms with Gasteiger partial charge in [-0.15, -0.1) is 0 Å². The Balaban J connectivity index is 2.69. The lowest BCUT2D eigenvalue weighted by molar-refractivity contribution is 0.419. The van der Waals surface area contributed by atoms with Gasteiger partial charge in [-0.05, 0) is 12.1 Å². The number of methoxy groups -OCH3 is 1. The summed E-state index contributed by atoms with van der Waals surface area (Å²) in [7, 11) is 1.98. The summed E-state index contributed by atoms with van der Waals surface area (Å²) in [6.07, 6.45) is 6.53. The molecular weight excluding hydrogens is 194 g/mol. The minimum Gasteiger partial charge on any atom is -0.495 e. The molecule has 0 aliphatic carbocycles. The van der Waals surface area contributed by atoms with E-state index in [2.05, 4.69) is 29.8 Å². The molecule has 0 amide bonds. The summed E-state index contributed by atoms with van der Waals surface area (Å²) >= 11 is 0. The van der Waals surface area contributed by atoms with Crippen LogP contribution in [-0.4, -0.2) is 24.6 Å². The van der Waals surface area contributed by atoms with Crippen LogP contribution in [-0.2, 0) is 10.9 Å². The number of H-pyrrole nitrogens is 1. The lowest BCUT2D eigenvalue weighted by Crippen LogP contribution is -1.93. The predicted octanol–water partition coefficient (Wildman–Crippen LogP) is 2.41. The van der Waals surface area contributed by atoms with Crippen LogP contribution in [0.2, 0.25) is 0 Å². The molecule has 0 unspecified atom stereocenters. The molecule has 74 valence electrons. The zero-order chi connectivity index (χ0) is 10.1. The molecular formula is C11H14NOS+. The van der Waals surface area contributed by atoms with Crippen LogP contribution in [0, 0.1) is 0 Å². The molecule has 0 fully saturated rings. The van der Waals surface area contributed by atoms with Crippen LogP contribution in [0.15, 0.2) is 29.3 Å². The first-order valence-electron chi connectivity index (χ1n) is 4.45. The number of aromatic amines is 1. The first kappa shape index (κ1) is 9.46. The average Bonchev–Trinajstić information content (AvgIpc) is 2.60. The smallest absolute Gasteiger partial charge is 0.179 e. The van der Waals surface area contributed by atoms with Gasteiger partial charge in [-0.25, -0.2) is 0 Å². The monoisotopic (exact) mass is 208 g/mol. The van der Waals surface area contributed by atoms with Gasteiger partial charge in [-0.1, -0.05) is 6.07 Å². The second kappa shape index (κ2) is 3.58. The Morgan fingerprint density at radius 3 is 2.71 bits per heavy atom. The van der Waals surface area contributed by atoms with Crippen molar-refractivity contribution < 1.29 is 4.74 Å². The molecule has 0 atom stereocenters. The summed E-state index contributed by atoms with van der Waals surface area (Å²) in [5.41, 5.74) is 1.10. The minimum atomic E-state index is 0.281. The predicted molar refractivity (Wildman–Crippen MR) is 62.3 cm³/mol. The van der Waals surface area contributed by atoms with Gasteiger partial charge in [0.25, 0.3) is 0 Å². The van der Waals surface area contributed by atoms with Gasteiger partial charge < -0.3 is 9.72 Å². The number of hydrogen-bond donors (Lipinski definition) is 1. The molecule has 0 aliphatic heterocycles. The van der Waals surface area contributed by atoms with Crippen LogP contribution >= 0.6 is 0 Å². The van der Waals surface area contributed by atoms with Crippen LogP contribution in [0.1, 0.15) is 0 Å². The Morgan fingerprint density at radius 2 is 2.07 bits per heavy atom. The lowest BCUT2D eigenvalue weighted by Gasteiger charge is -2.00. The third-order valence-corrected chi connectivity index (χ3v) is 3.52. The Morgan fingerprint density at radius 1 is 1.29 bits per heavy atom. The standard InChI is InChI=1S/C11H14NOS/c1-13-9-6-4-5-8-10(14(2)3)7-12-11(8)9/h4-7,12H,1-3H3/q+1. The normalized spacial score (nSPS) is 11.1. The quantitative estimate of drug-likeness (QED) is 0.753. The van der Waals surface area contributed by atoms with E-state index in [1.54, 1.807) is 7.11 Å². The number of rotatable bonds is 2. The second-order valence-corrected chi connectivity index (χ2v) is 5.43. The van der Waals surface area contributed by atoms with Crippen molar-refractivity contribution in [2.45, 2.75) is 4.90 Å². The summed E-state index contributed by atoms with van der Waals surface area (Å²) in [4.78, 5) is 4.64. The zero-order valence-corrected chi connectivity index (χ0v) is 9.44.